The van der Waals surface area contributed by atoms with Crippen molar-refractivity contribution < 1.29 is 9.47 Å². The molecule has 0 radical (unpaired) electrons. The van der Waals surface area contributed by atoms with Crippen molar-refractivity contribution in [2.75, 3.05) is 24.7 Å². The SMILES string of the molecule is Brc1ccc2cncc3c2c1N(C1CCC2(CC1)OCCO2)CC3. The fraction of sp³-hybridized carbons (Fsp3) is 0.526. The van der Waals surface area contributed by atoms with Crippen LogP contribution in [0.4, 0.5) is 5.69 Å². The molecule has 5 heteroatoms. The Morgan fingerprint density at radius 1 is 1.12 bits per heavy atom. The Bertz CT molecular complexity index is 778. The highest BCUT2D eigenvalue weighted by Gasteiger charge is 2.42. The molecule has 4 nitrogen and oxygen atoms in total. The van der Waals surface area contributed by atoms with Crippen molar-refractivity contribution in [2.45, 2.75) is 43.9 Å². The van der Waals surface area contributed by atoms with Gasteiger partial charge in [-0.2, -0.15) is 0 Å². The van der Waals surface area contributed by atoms with Crippen molar-refractivity contribution in [1.82, 2.24) is 4.98 Å². The zero-order valence-corrected chi connectivity index (χ0v) is 15.2. The predicted molar refractivity (Wildman–Crippen MR) is 97.4 cm³/mol. The van der Waals surface area contributed by atoms with E-state index >= 15 is 0 Å². The number of aromatic nitrogens is 1. The largest absolute Gasteiger partial charge is 0.367 e. The molecule has 2 aromatic rings. The standard InChI is InChI=1S/C19H21BrN2O2/c20-16-2-1-13-11-21-12-14-5-8-22(18(16)17(13)14)15-3-6-19(7-4-15)23-9-10-24-19/h1-2,11-12,15H,3-10H2. The van der Waals surface area contributed by atoms with Crippen LogP contribution >= 0.6 is 15.9 Å². The molecule has 1 aromatic heterocycles. The molecule has 3 heterocycles. The van der Waals surface area contributed by atoms with E-state index in [2.05, 4.69) is 37.9 Å². The quantitative estimate of drug-likeness (QED) is 0.737. The summed E-state index contributed by atoms with van der Waals surface area (Å²) in [5.41, 5.74) is 2.72. The predicted octanol–water partition coefficient (Wildman–Crippen LogP) is 4.05. The molecule has 0 bridgehead atoms. The second-order valence-electron chi connectivity index (χ2n) is 7.07. The highest BCUT2D eigenvalue weighted by atomic mass is 79.9. The van der Waals surface area contributed by atoms with Gasteiger partial charge in [0.15, 0.2) is 5.79 Å². The number of anilines is 1. The first-order chi connectivity index (χ1) is 11.8. The zero-order chi connectivity index (χ0) is 16.1. The first-order valence-corrected chi connectivity index (χ1v) is 9.65. The molecule has 1 aromatic carbocycles. The van der Waals surface area contributed by atoms with Gasteiger partial charge >= 0.3 is 0 Å². The summed E-state index contributed by atoms with van der Waals surface area (Å²) in [4.78, 5) is 7.02. The number of nitrogens with zero attached hydrogens (tertiary/aromatic N) is 2. The van der Waals surface area contributed by atoms with Gasteiger partial charge in [0, 0.05) is 53.1 Å². The van der Waals surface area contributed by atoms with Gasteiger partial charge in [-0.05, 0) is 46.8 Å². The molecule has 5 rings (SSSR count). The summed E-state index contributed by atoms with van der Waals surface area (Å²) < 4.78 is 13.0. The minimum atomic E-state index is -0.280. The molecule has 3 aliphatic rings. The van der Waals surface area contributed by atoms with Gasteiger partial charge in [0.05, 0.1) is 18.9 Å². The van der Waals surface area contributed by atoms with Gasteiger partial charge in [0.25, 0.3) is 0 Å². The number of pyridine rings is 1. The van der Waals surface area contributed by atoms with Crippen LogP contribution in [0.2, 0.25) is 0 Å². The van der Waals surface area contributed by atoms with E-state index in [1.165, 1.54) is 26.5 Å². The lowest BCUT2D eigenvalue weighted by atomic mass is 9.87. The van der Waals surface area contributed by atoms with Gasteiger partial charge < -0.3 is 14.4 Å². The molecule has 0 N–H and O–H groups in total. The van der Waals surface area contributed by atoms with E-state index in [9.17, 15) is 0 Å². The van der Waals surface area contributed by atoms with E-state index in [4.69, 9.17) is 9.47 Å². The third-order valence-electron chi connectivity index (χ3n) is 5.81. The Balaban J connectivity index is 1.49. The summed E-state index contributed by atoms with van der Waals surface area (Å²) in [6.07, 6.45) is 9.35. The molecule has 2 aliphatic heterocycles. The van der Waals surface area contributed by atoms with Crippen LogP contribution in [-0.4, -0.2) is 36.6 Å². The summed E-state index contributed by atoms with van der Waals surface area (Å²) in [5, 5.41) is 2.62. The van der Waals surface area contributed by atoms with Gasteiger partial charge in [0.1, 0.15) is 0 Å². The lowest BCUT2D eigenvalue weighted by molar-refractivity contribution is -0.178. The van der Waals surface area contributed by atoms with Crippen molar-refractivity contribution in [3.63, 3.8) is 0 Å². The molecule has 1 saturated heterocycles. The second kappa shape index (κ2) is 5.68. The number of rotatable bonds is 1. The average Bonchev–Trinajstić information content (AvgIpc) is 3.07. The summed E-state index contributed by atoms with van der Waals surface area (Å²) in [7, 11) is 0. The third kappa shape index (κ3) is 2.29. The maximum atomic E-state index is 5.90. The van der Waals surface area contributed by atoms with Crippen LogP contribution in [0.5, 0.6) is 0 Å². The molecule has 1 saturated carbocycles. The average molecular weight is 389 g/mol. The van der Waals surface area contributed by atoms with E-state index in [0.717, 1.165) is 51.9 Å². The molecule has 0 atom stereocenters. The number of halogens is 1. The number of hydrogen-bond acceptors (Lipinski definition) is 4. The van der Waals surface area contributed by atoms with Crippen LogP contribution in [-0.2, 0) is 15.9 Å². The van der Waals surface area contributed by atoms with Gasteiger partial charge in [0.2, 0.25) is 0 Å². The van der Waals surface area contributed by atoms with Crippen molar-refractivity contribution >= 4 is 32.4 Å². The van der Waals surface area contributed by atoms with Gasteiger partial charge in [-0.1, -0.05) is 6.07 Å². The van der Waals surface area contributed by atoms with Crippen molar-refractivity contribution in [3.8, 4) is 0 Å². The van der Waals surface area contributed by atoms with Crippen LogP contribution in [0.15, 0.2) is 29.0 Å². The lowest BCUT2D eigenvalue weighted by Crippen LogP contribution is -2.46. The normalized spacial score (nSPS) is 23.3. The lowest BCUT2D eigenvalue weighted by Gasteiger charge is -2.43. The van der Waals surface area contributed by atoms with Crippen LogP contribution in [0.25, 0.3) is 10.8 Å². The number of hydrogen-bond donors (Lipinski definition) is 0. The first kappa shape index (κ1) is 15.1. The summed E-state index contributed by atoms with van der Waals surface area (Å²) in [6.45, 7) is 2.56. The summed E-state index contributed by atoms with van der Waals surface area (Å²) in [5.74, 6) is -0.280. The molecule has 2 fully saturated rings. The molecule has 1 spiro atoms. The molecule has 126 valence electrons. The number of ether oxygens (including phenoxy) is 2. The third-order valence-corrected chi connectivity index (χ3v) is 6.45. The highest BCUT2D eigenvalue weighted by molar-refractivity contribution is 9.10. The molecule has 1 aliphatic carbocycles. The fourth-order valence-electron chi connectivity index (χ4n) is 4.63. The Morgan fingerprint density at radius 2 is 1.92 bits per heavy atom. The van der Waals surface area contributed by atoms with Crippen molar-refractivity contribution in [3.05, 3.63) is 34.6 Å². The van der Waals surface area contributed by atoms with Crippen LogP contribution in [0.3, 0.4) is 0 Å². The number of benzene rings is 1. The Kier molecular flexibility index (Phi) is 3.58. The molecular weight excluding hydrogens is 368 g/mol. The first-order valence-electron chi connectivity index (χ1n) is 8.85. The summed E-state index contributed by atoms with van der Waals surface area (Å²) >= 11 is 3.80. The molecule has 24 heavy (non-hydrogen) atoms. The van der Waals surface area contributed by atoms with Gasteiger partial charge in [-0.15, -0.1) is 0 Å². The van der Waals surface area contributed by atoms with E-state index in [-0.39, 0.29) is 5.79 Å². The molecule has 0 unspecified atom stereocenters. The van der Waals surface area contributed by atoms with E-state index in [1.807, 2.05) is 12.4 Å². The van der Waals surface area contributed by atoms with Crippen LogP contribution in [0, 0.1) is 0 Å². The maximum absolute atomic E-state index is 5.90. The minimum absolute atomic E-state index is 0.280. The van der Waals surface area contributed by atoms with Crippen LogP contribution in [0.1, 0.15) is 31.2 Å². The highest BCUT2D eigenvalue weighted by Crippen LogP contribution is 2.44. The van der Waals surface area contributed by atoms with Gasteiger partial charge in [-0.3, -0.25) is 4.98 Å². The van der Waals surface area contributed by atoms with Gasteiger partial charge in [-0.25, -0.2) is 0 Å². The monoisotopic (exact) mass is 388 g/mol. The van der Waals surface area contributed by atoms with Crippen molar-refractivity contribution in [1.29, 1.82) is 0 Å². The Morgan fingerprint density at radius 3 is 2.71 bits per heavy atom. The molecule has 0 amide bonds. The smallest absolute Gasteiger partial charge is 0.168 e. The van der Waals surface area contributed by atoms with E-state index in [0.29, 0.717) is 6.04 Å². The maximum Gasteiger partial charge on any atom is 0.168 e. The second-order valence-corrected chi connectivity index (χ2v) is 7.93. The zero-order valence-electron chi connectivity index (χ0n) is 13.6. The minimum Gasteiger partial charge on any atom is -0.367 e. The topological polar surface area (TPSA) is 34.6 Å². The van der Waals surface area contributed by atoms with E-state index in [1.54, 1.807) is 0 Å². The molecular formula is C19H21BrN2O2. The van der Waals surface area contributed by atoms with Crippen molar-refractivity contribution in [2.24, 2.45) is 0 Å². The Labute approximate surface area is 150 Å². The van der Waals surface area contributed by atoms with E-state index < -0.39 is 0 Å². The Hall–Kier alpha value is -1.17. The fourth-order valence-corrected chi connectivity index (χ4v) is 5.18. The van der Waals surface area contributed by atoms with Crippen LogP contribution < -0.4 is 4.90 Å². The summed E-state index contributed by atoms with van der Waals surface area (Å²) in [6, 6.07) is 4.89.